The molecule has 1 aliphatic rings. The molecule has 2 aromatic rings. The molecule has 190 valence electrons. The third-order valence-electron chi connectivity index (χ3n) is 6.53. The standard InChI is InChI=1S/C28H36Cl2N2O3/c1-5-25(27(34)31-22-8-6-7-9-22)32(17-19-10-13-21(29)16-24(19)30)26(33)18-35-23-14-11-20(12-15-23)28(2,3)4/h10-16,22,25H,5-9,17-18H2,1-4H3,(H,31,34). The Hall–Kier alpha value is -2.24. The first-order valence-electron chi connectivity index (χ1n) is 12.4. The van der Waals surface area contributed by atoms with Crippen LogP contribution < -0.4 is 10.1 Å². The number of nitrogens with one attached hydrogen (secondary N) is 1. The Morgan fingerprint density at radius 3 is 2.31 bits per heavy atom. The summed E-state index contributed by atoms with van der Waals surface area (Å²) in [6.07, 6.45) is 4.68. The van der Waals surface area contributed by atoms with Crippen molar-refractivity contribution in [2.75, 3.05) is 6.61 Å². The molecule has 1 atom stereocenters. The molecule has 1 aliphatic carbocycles. The quantitative estimate of drug-likeness (QED) is 0.410. The Morgan fingerprint density at radius 1 is 1.09 bits per heavy atom. The Labute approximate surface area is 219 Å². The summed E-state index contributed by atoms with van der Waals surface area (Å²) in [5.41, 5.74) is 1.94. The molecule has 0 spiro atoms. The lowest BCUT2D eigenvalue weighted by atomic mass is 9.87. The van der Waals surface area contributed by atoms with Crippen molar-refractivity contribution < 1.29 is 14.3 Å². The van der Waals surface area contributed by atoms with Gasteiger partial charge in [-0.05, 0) is 60.1 Å². The maximum Gasteiger partial charge on any atom is 0.261 e. The summed E-state index contributed by atoms with van der Waals surface area (Å²) < 4.78 is 5.83. The summed E-state index contributed by atoms with van der Waals surface area (Å²) in [5, 5.41) is 4.12. The fourth-order valence-electron chi connectivity index (χ4n) is 4.40. The monoisotopic (exact) mass is 518 g/mol. The van der Waals surface area contributed by atoms with Crippen LogP contribution in [0.3, 0.4) is 0 Å². The SMILES string of the molecule is CCC(C(=O)NC1CCCC1)N(Cc1ccc(Cl)cc1Cl)C(=O)COc1ccc(C(C)(C)C)cc1. The molecule has 0 aromatic heterocycles. The van der Waals surface area contributed by atoms with Gasteiger partial charge in [0.05, 0.1) is 0 Å². The summed E-state index contributed by atoms with van der Waals surface area (Å²) in [4.78, 5) is 28.2. The summed E-state index contributed by atoms with van der Waals surface area (Å²) in [7, 11) is 0. The minimum Gasteiger partial charge on any atom is -0.484 e. The van der Waals surface area contributed by atoms with Crippen LogP contribution in [0.1, 0.15) is 70.9 Å². The largest absolute Gasteiger partial charge is 0.484 e. The van der Waals surface area contributed by atoms with Crippen LogP contribution in [0.2, 0.25) is 10.0 Å². The molecule has 2 aromatic carbocycles. The van der Waals surface area contributed by atoms with Crippen LogP contribution in [0.15, 0.2) is 42.5 Å². The number of halogens is 2. The van der Waals surface area contributed by atoms with Gasteiger partial charge in [0.25, 0.3) is 5.91 Å². The van der Waals surface area contributed by atoms with Crippen molar-refractivity contribution >= 4 is 35.0 Å². The van der Waals surface area contributed by atoms with Crippen molar-refractivity contribution in [3.8, 4) is 5.75 Å². The Kier molecular flexibility index (Phi) is 9.48. The van der Waals surface area contributed by atoms with Crippen LogP contribution in [-0.2, 0) is 21.5 Å². The van der Waals surface area contributed by atoms with E-state index < -0.39 is 6.04 Å². The molecular formula is C28H36Cl2N2O3. The Balaban J connectivity index is 1.77. The van der Waals surface area contributed by atoms with Gasteiger partial charge < -0.3 is 15.0 Å². The zero-order chi connectivity index (χ0) is 25.6. The fraction of sp³-hybridized carbons (Fsp3) is 0.500. The number of amides is 2. The lowest BCUT2D eigenvalue weighted by Gasteiger charge is -2.31. The molecule has 1 unspecified atom stereocenters. The number of carbonyl (C=O) groups is 2. The molecule has 5 nitrogen and oxygen atoms in total. The number of hydrogen-bond donors (Lipinski definition) is 1. The van der Waals surface area contributed by atoms with Gasteiger partial charge in [-0.1, -0.05) is 81.9 Å². The maximum atomic E-state index is 13.4. The maximum absolute atomic E-state index is 13.4. The first kappa shape index (κ1) is 27.3. The molecule has 1 N–H and O–H groups in total. The second-order valence-corrected chi connectivity index (χ2v) is 11.1. The molecule has 3 rings (SSSR count). The van der Waals surface area contributed by atoms with Gasteiger partial charge in [0.2, 0.25) is 5.91 Å². The highest BCUT2D eigenvalue weighted by Crippen LogP contribution is 2.26. The zero-order valence-corrected chi connectivity index (χ0v) is 22.6. The van der Waals surface area contributed by atoms with Crippen molar-refractivity contribution in [3.63, 3.8) is 0 Å². The van der Waals surface area contributed by atoms with E-state index in [2.05, 4.69) is 26.1 Å². The Bertz CT molecular complexity index is 1010. The van der Waals surface area contributed by atoms with Crippen LogP contribution >= 0.6 is 23.2 Å². The molecule has 0 radical (unpaired) electrons. The zero-order valence-electron chi connectivity index (χ0n) is 21.1. The van der Waals surface area contributed by atoms with Crippen molar-refractivity contribution in [3.05, 3.63) is 63.6 Å². The number of carbonyl (C=O) groups excluding carboxylic acids is 2. The summed E-state index contributed by atoms with van der Waals surface area (Å²) in [6, 6.07) is 12.5. The van der Waals surface area contributed by atoms with Crippen molar-refractivity contribution in [1.82, 2.24) is 10.2 Å². The van der Waals surface area contributed by atoms with Crippen LogP contribution in [-0.4, -0.2) is 35.4 Å². The number of hydrogen-bond acceptors (Lipinski definition) is 3. The second-order valence-electron chi connectivity index (χ2n) is 10.2. The smallest absolute Gasteiger partial charge is 0.261 e. The van der Waals surface area contributed by atoms with Gasteiger partial charge in [-0.3, -0.25) is 9.59 Å². The van der Waals surface area contributed by atoms with Crippen molar-refractivity contribution in [2.24, 2.45) is 0 Å². The van der Waals surface area contributed by atoms with Gasteiger partial charge in [-0.15, -0.1) is 0 Å². The van der Waals surface area contributed by atoms with E-state index in [0.717, 1.165) is 31.2 Å². The van der Waals surface area contributed by atoms with E-state index in [-0.39, 0.29) is 36.4 Å². The fourth-order valence-corrected chi connectivity index (χ4v) is 4.87. The number of rotatable bonds is 9. The first-order chi connectivity index (χ1) is 16.6. The average Bonchev–Trinajstić information content (AvgIpc) is 3.31. The highest BCUT2D eigenvalue weighted by atomic mass is 35.5. The van der Waals surface area contributed by atoms with E-state index in [1.54, 1.807) is 23.1 Å². The lowest BCUT2D eigenvalue weighted by molar-refractivity contribution is -0.143. The molecule has 35 heavy (non-hydrogen) atoms. The third kappa shape index (κ3) is 7.62. The molecule has 1 saturated carbocycles. The molecule has 2 amide bonds. The molecule has 0 saturated heterocycles. The third-order valence-corrected chi connectivity index (χ3v) is 7.11. The van der Waals surface area contributed by atoms with E-state index in [1.807, 2.05) is 31.2 Å². The normalized spacial score (nSPS) is 15.0. The molecular weight excluding hydrogens is 483 g/mol. The van der Waals surface area contributed by atoms with Crippen molar-refractivity contribution in [2.45, 2.75) is 83.8 Å². The van der Waals surface area contributed by atoms with Gasteiger partial charge in [0.1, 0.15) is 11.8 Å². The molecule has 7 heteroatoms. The van der Waals surface area contributed by atoms with E-state index in [0.29, 0.717) is 22.2 Å². The molecule has 0 aliphatic heterocycles. The highest BCUT2D eigenvalue weighted by Gasteiger charge is 2.31. The van der Waals surface area contributed by atoms with Crippen LogP contribution in [0.5, 0.6) is 5.75 Å². The average molecular weight is 520 g/mol. The van der Waals surface area contributed by atoms with Crippen molar-refractivity contribution in [1.29, 1.82) is 0 Å². The van der Waals surface area contributed by atoms with Crippen LogP contribution in [0, 0.1) is 0 Å². The molecule has 1 fully saturated rings. The summed E-state index contributed by atoms with van der Waals surface area (Å²) >= 11 is 12.5. The highest BCUT2D eigenvalue weighted by molar-refractivity contribution is 6.35. The first-order valence-corrected chi connectivity index (χ1v) is 13.1. The predicted octanol–water partition coefficient (Wildman–Crippen LogP) is 6.54. The minimum atomic E-state index is -0.623. The second kappa shape index (κ2) is 12.1. The lowest BCUT2D eigenvalue weighted by Crippen LogP contribution is -2.52. The van der Waals surface area contributed by atoms with Crippen LogP contribution in [0.4, 0.5) is 0 Å². The van der Waals surface area contributed by atoms with Gasteiger partial charge in [-0.25, -0.2) is 0 Å². The van der Waals surface area contributed by atoms with E-state index in [1.165, 1.54) is 5.56 Å². The van der Waals surface area contributed by atoms with Gasteiger partial charge in [-0.2, -0.15) is 0 Å². The number of benzene rings is 2. The molecule has 0 bridgehead atoms. The molecule has 0 heterocycles. The van der Waals surface area contributed by atoms with E-state index in [9.17, 15) is 9.59 Å². The predicted molar refractivity (Wildman–Crippen MR) is 142 cm³/mol. The van der Waals surface area contributed by atoms with Gasteiger partial charge in [0, 0.05) is 22.6 Å². The number of ether oxygens (including phenoxy) is 1. The van der Waals surface area contributed by atoms with Gasteiger partial charge >= 0.3 is 0 Å². The minimum absolute atomic E-state index is 0.0318. The number of nitrogens with zero attached hydrogens (tertiary/aromatic N) is 1. The Morgan fingerprint density at radius 2 is 1.74 bits per heavy atom. The summed E-state index contributed by atoms with van der Waals surface area (Å²) in [5.74, 6) is 0.205. The van der Waals surface area contributed by atoms with Gasteiger partial charge in [0.15, 0.2) is 6.61 Å². The topological polar surface area (TPSA) is 58.6 Å². The summed E-state index contributed by atoms with van der Waals surface area (Å²) in [6.45, 7) is 8.37. The van der Waals surface area contributed by atoms with Crippen LogP contribution in [0.25, 0.3) is 0 Å². The van der Waals surface area contributed by atoms with E-state index >= 15 is 0 Å². The van der Waals surface area contributed by atoms with E-state index in [4.69, 9.17) is 27.9 Å².